The van der Waals surface area contributed by atoms with Gasteiger partial charge in [0.1, 0.15) is 0 Å². The van der Waals surface area contributed by atoms with E-state index in [0.29, 0.717) is 41.3 Å². The Kier molecular flexibility index (Phi) is 6.88. The number of hydrogen-bond donors (Lipinski definition) is 1. The Bertz CT molecular complexity index is 915. The standard InChI is InChI=1S/C22H23ClN2O4/c1-2-29-22(28)15-7-5-9-17(13-15)24-20(26)16-8-6-12-25(14-16)21(27)18-10-3-4-11-19(18)23/h3-5,7,9-11,13,16H,2,6,8,12,14H2,1H3,(H,24,26)/t16-/m1/s1. The van der Waals surface area contributed by atoms with Crippen LogP contribution in [0.2, 0.25) is 5.02 Å². The zero-order valence-corrected chi connectivity index (χ0v) is 16.9. The van der Waals surface area contributed by atoms with E-state index in [9.17, 15) is 14.4 Å². The highest BCUT2D eigenvalue weighted by Crippen LogP contribution is 2.23. The first kappa shape index (κ1) is 20.9. The van der Waals surface area contributed by atoms with Gasteiger partial charge in [-0.3, -0.25) is 9.59 Å². The van der Waals surface area contributed by atoms with Crippen LogP contribution in [0.5, 0.6) is 0 Å². The van der Waals surface area contributed by atoms with Crippen LogP contribution < -0.4 is 5.32 Å². The van der Waals surface area contributed by atoms with E-state index in [1.807, 2.05) is 0 Å². The van der Waals surface area contributed by atoms with Gasteiger partial charge in [-0.15, -0.1) is 0 Å². The average molecular weight is 415 g/mol. The molecule has 3 rings (SSSR count). The van der Waals surface area contributed by atoms with Crippen LogP contribution in [0.4, 0.5) is 5.69 Å². The van der Waals surface area contributed by atoms with E-state index in [1.165, 1.54) is 0 Å². The van der Waals surface area contributed by atoms with Crippen LogP contribution in [0, 0.1) is 5.92 Å². The summed E-state index contributed by atoms with van der Waals surface area (Å²) in [7, 11) is 0. The summed E-state index contributed by atoms with van der Waals surface area (Å²) in [5, 5.41) is 3.25. The molecule has 0 spiro atoms. The lowest BCUT2D eigenvalue weighted by molar-refractivity contribution is -0.121. The number of halogens is 1. The third kappa shape index (κ3) is 5.15. The van der Waals surface area contributed by atoms with Gasteiger partial charge in [0, 0.05) is 18.8 Å². The molecule has 1 fully saturated rings. The van der Waals surface area contributed by atoms with Crippen LogP contribution in [0.15, 0.2) is 48.5 Å². The van der Waals surface area contributed by atoms with E-state index >= 15 is 0 Å². The van der Waals surface area contributed by atoms with E-state index in [4.69, 9.17) is 16.3 Å². The van der Waals surface area contributed by atoms with Crippen molar-refractivity contribution in [2.75, 3.05) is 25.0 Å². The second kappa shape index (κ2) is 9.56. The van der Waals surface area contributed by atoms with E-state index < -0.39 is 5.97 Å². The van der Waals surface area contributed by atoms with Crippen molar-refractivity contribution in [3.05, 3.63) is 64.7 Å². The van der Waals surface area contributed by atoms with Crippen LogP contribution in [0.25, 0.3) is 0 Å². The summed E-state index contributed by atoms with van der Waals surface area (Å²) in [5.74, 6) is -1.11. The van der Waals surface area contributed by atoms with Crippen molar-refractivity contribution >= 4 is 35.1 Å². The number of anilines is 1. The van der Waals surface area contributed by atoms with Gasteiger partial charge < -0.3 is 15.0 Å². The fraction of sp³-hybridized carbons (Fsp3) is 0.318. The number of ether oxygens (including phenoxy) is 1. The van der Waals surface area contributed by atoms with Gasteiger partial charge in [0.2, 0.25) is 5.91 Å². The van der Waals surface area contributed by atoms with Gasteiger partial charge in [-0.05, 0) is 50.1 Å². The molecular weight excluding hydrogens is 392 g/mol. The van der Waals surface area contributed by atoms with Gasteiger partial charge in [-0.1, -0.05) is 29.8 Å². The van der Waals surface area contributed by atoms with Crippen LogP contribution in [0.1, 0.15) is 40.5 Å². The van der Waals surface area contributed by atoms with Gasteiger partial charge in [-0.2, -0.15) is 0 Å². The minimum atomic E-state index is -0.433. The molecule has 0 radical (unpaired) electrons. The van der Waals surface area contributed by atoms with E-state index in [-0.39, 0.29) is 24.3 Å². The third-order valence-corrected chi connectivity index (χ3v) is 5.15. The second-order valence-corrected chi connectivity index (χ2v) is 7.27. The zero-order chi connectivity index (χ0) is 20.8. The molecule has 1 N–H and O–H groups in total. The molecule has 2 aromatic rings. The topological polar surface area (TPSA) is 75.7 Å². The molecule has 1 heterocycles. The Labute approximate surface area is 174 Å². The molecule has 29 heavy (non-hydrogen) atoms. The summed E-state index contributed by atoms with van der Waals surface area (Å²) < 4.78 is 4.99. The normalized spacial score (nSPS) is 16.2. The number of benzene rings is 2. The number of carbonyl (C=O) groups excluding carboxylic acids is 3. The fourth-order valence-corrected chi connectivity index (χ4v) is 3.58. The first-order valence-corrected chi connectivity index (χ1v) is 9.99. The molecule has 7 heteroatoms. The predicted octanol–water partition coefficient (Wildman–Crippen LogP) is 4.01. The van der Waals surface area contributed by atoms with Crippen molar-refractivity contribution in [2.24, 2.45) is 5.92 Å². The predicted molar refractivity (Wildman–Crippen MR) is 111 cm³/mol. The lowest BCUT2D eigenvalue weighted by Crippen LogP contribution is -2.43. The number of hydrogen-bond acceptors (Lipinski definition) is 4. The van der Waals surface area contributed by atoms with Crippen molar-refractivity contribution in [1.29, 1.82) is 0 Å². The lowest BCUT2D eigenvalue weighted by Gasteiger charge is -2.32. The molecule has 2 amide bonds. The zero-order valence-electron chi connectivity index (χ0n) is 16.2. The molecule has 1 atom stereocenters. The van der Waals surface area contributed by atoms with Crippen molar-refractivity contribution in [1.82, 2.24) is 4.90 Å². The fourth-order valence-electron chi connectivity index (χ4n) is 3.36. The van der Waals surface area contributed by atoms with Gasteiger partial charge >= 0.3 is 5.97 Å². The Morgan fingerprint density at radius 2 is 1.97 bits per heavy atom. The minimum Gasteiger partial charge on any atom is -0.462 e. The molecule has 0 saturated carbocycles. The summed E-state index contributed by atoms with van der Waals surface area (Å²) in [5.41, 5.74) is 1.34. The maximum Gasteiger partial charge on any atom is 0.338 e. The Morgan fingerprint density at radius 3 is 2.72 bits per heavy atom. The molecule has 0 aliphatic carbocycles. The van der Waals surface area contributed by atoms with Crippen LogP contribution >= 0.6 is 11.6 Å². The Balaban J connectivity index is 1.66. The van der Waals surface area contributed by atoms with Crippen LogP contribution in [-0.4, -0.2) is 42.4 Å². The van der Waals surface area contributed by atoms with Crippen LogP contribution in [0.3, 0.4) is 0 Å². The monoisotopic (exact) mass is 414 g/mol. The van der Waals surface area contributed by atoms with Crippen molar-refractivity contribution in [3.8, 4) is 0 Å². The summed E-state index contributed by atoms with van der Waals surface area (Å²) in [4.78, 5) is 39.1. The van der Waals surface area contributed by atoms with Crippen molar-refractivity contribution in [2.45, 2.75) is 19.8 Å². The number of nitrogens with zero attached hydrogens (tertiary/aromatic N) is 1. The van der Waals surface area contributed by atoms with E-state index in [1.54, 1.807) is 60.4 Å². The van der Waals surface area contributed by atoms with Crippen molar-refractivity contribution in [3.63, 3.8) is 0 Å². The highest BCUT2D eigenvalue weighted by Gasteiger charge is 2.29. The Morgan fingerprint density at radius 1 is 1.17 bits per heavy atom. The summed E-state index contributed by atoms with van der Waals surface area (Å²) >= 11 is 6.14. The minimum absolute atomic E-state index is 0.169. The number of rotatable bonds is 5. The molecule has 2 aromatic carbocycles. The molecule has 0 bridgehead atoms. The SMILES string of the molecule is CCOC(=O)c1cccc(NC(=O)[C@@H]2CCCN(C(=O)c3ccccc3Cl)C2)c1. The third-order valence-electron chi connectivity index (χ3n) is 4.82. The van der Waals surface area contributed by atoms with Gasteiger partial charge in [0.05, 0.1) is 28.7 Å². The number of esters is 1. The second-order valence-electron chi connectivity index (χ2n) is 6.86. The highest BCUT2D eigenvalue weighted by molar-refractivity contribution is 6.33. The summed E-state index contributed by atoms with van der Waals surface area (Å²) in [6, 6.07) is 13.5. The maximum absolute atomic E-state index is 12.8. The Hall–Kier alpha value is -2.86. The molecule has 1 aliphatic heterocycles. The smallest absolute Gasteiger partial charge is 0.338 e. The number of piperidine rings is 1. The van der Waals surface area contributed by atoms with Crippen molar-refractivity contribution < 1.29 is 19.1 Å². The largest absolute Gasteiger partial charge is 0.462 e. The van der Waals surface area contributed by atoms with Crippen LogP contribution in [-0.2, 0) is 9.53 Å². The van der Waals surface area contributed by atoms with Gasteiger partial charge in [0.15, 0.2) is 0 Å². The lowest BCUT2D eigenvalue weighted by atomic mass is 9.96. The molecular formula is C22H23ClN2O4. The summed E-state index contributed by atoms with van der Waals surface area (Å²) in [6.07, 6.45) is 1.42. The molecule has 1 aliphatic rings. The molecule has 0 aromatic heterocycles. The van der Waals surface area contributed by atoms with E-state index in [2.05, 4.69) is 5.32 Å². The molecule has 1 saturated heterocycles. The first-order chi connectivity index (χ1) is 14.0. The average Bonchev–Trinajstić information content (AvgIpc) is 2.74. The van der Waals surface area contributed by atoms with Gasteiger partial charge in [-0.25, -0.2) is 4.79 Å². The first-order valence-electron chi connectivity index (χ1n) is 9.61. The van der Waals surface area contributed by atoms with E-state index in [0.717, 1.165) is 6.42 Å². The molecule has 152 valence electrons. The number of amides is 2. The molecule has 0 unspecified atom stereocenters. The summed E-state index contributed by atoms with van der Waals surface area (Å²) in [6.45, 7) is 2.94. The number of carbonyl (C=O) groups is 3. The number of nitrogens with one attached hydrogen (secondary N) is 1. The number of likely N-dealkylation sites (tertiary alicyclic amines) is 1. The maximum atomic E-state index is 12.8. The van der Waals surface area contributed by atoms with Gasteiger partial charge in [0.25, 0.3) is 5.91 Å². The quantitative estimate of drug-likeness (QED) is 0.750. The highest BCUT2D eigenvalue weighted by atomic mass is 35.5. The molecule has 6 nitrogen and oxygen atoms in total.